The van der Waals surface area contributed by atoms with Gasteiger partial charge in [-0.3, -0.25) is 9.69 Å². The van der Waals surface area contributed by atoms with Crippen molar-refractivity contribution in [1.82, 2.24) is 9.80 Å². The van der Waals surface area contributed by atoms with E-state index in [1.165, 1.54) is 0 Å². The Balaban J connectivity index is 1.36. The van der Waals surface area contributed by atoms with E-state index in [1.807, 2.05) is 23.1 Å². The second-order valence-corrected chi connectivity index (χ2v) is 8.08. The topological polar surface area (TPSA) is 60.5 Å². The summed E-state index contributed by atoms with van der Waals surface area (Å²) < 4.78 is 22.2. The molecule has 0 N–H and O–H groups in total. The maximum Gasteiger partial charge on any atom is 0.237 e. The fraction of sp³-hybridized carbons (Fsp3) is 0.682. The number of hydrogen-bond donors (Lipinski definition) is 0. The van der Waals surface area contributed by atoms with Gasteiger partial charge in [-0.1, -0.05) is 0 Å². The SMILES string of the molecule is COc1ccc(C2CCCN2C(=O)CN2CCC(C3OCCO3)CC2)c(OC)c1. The van der Waals surface area contributed by atoms with Gasteiger partial charge in [0.1, 0.15) is 11.5 Å². The molecule has 7 heteroatoms. The molecule has 160 valence electrons. The van der Waals surface area contributed by atoms with Gasteiger partial charge >= 0.3 is 0 Å². The smallest absolute Gasteiger partial charge is 0.237 e. The second-order valence-electron chi connectivity index (χ2n) is 8.08. The molecule has 3 aliphatic rings. The van der Waals surface area contributed by atoms with Crippen LogP contribution in [0.3, 0.4) is 0 Å². The van der Waals surface area contributed by atoms with Gasteiger partial charge in [0.25, 0.3) is 0 Å². The normalized spacial score (nSPS) is 24.2. The number of carbonyl (C=O) groups excluding carboxylic acids is 1. The molecule has 1 aromatic rings. The van der Waals surface area contributed by atoms with Gasteiger partial charge in [-0.15, -0.1) is 0 Å². The summed E-state index contributed by atoms with van der Waals surface area (Å²) in [5.41, 5.74) is 1.06. The first kappa shape index (κ1) is 20.4. The van der Waals surface area contributed by atoms with Crippen molar-refractivity contribution >= 4 is 5.91 Å². The van der Waals surface area contributed by atoms with Crippen molar-refractivity contribution in [1.29, 1.82) is 0 Å². The molecular formula is C22H32N2O5. The summed E-state index contributed by atoms with van der Waals surface area (Å²) in [6.07, 6.45) is 3.98. The molecular weight excluding hydrogens is 372 g/mol. The van der Waals surface area contributed by atoms with Crippen LogP contribution in [0, 0.1) is 5.92 Å². The fourth-order valence-corrected chi connectivity index (χ4v) is 4.80. The maximum atomic E-state index is 13.1. The van der Waals surface area contributed by atoms with Crippen molar-refractivity contribution in [3.8, 4) is 11.5 Å². The average Bonchev–Trinajstić information content (AvgIpc) is 3.46. The summed E-state index contributed by atoms with van der Waals surface area (Å²) in [7, 11) is 3.31. The first-order valence-electron chi connectivity index (χ1n) is 10.7. The number of rotatable bonds is 6. The Morgan fingerprint density at radius 3 is 2.52 bits per heavy atom. The van der Waals surface area contributed by atoms with Gasteiger partial charge in [0.05, 0.1) is 40.0 Å². The highest BCUT2D eigenvalue weighted by Crippen LogP contribution is 2.39. The Bertz CT molecular complexity index is 698. The van der Waals surface area contributed by atoms with Crippen molar-refractivity contribution < 1.29 is 23.7 Å². The highest BCUT2D eigenvalue weighted by atomic mass is 16.7. The predicted octanol–water partition coefficient (Wildman–Crippen LogP) is 2.45. The van der Waals surface area contributed by atoms with E-state index in [1.54, 1.807) is 14.2 Å². The van der Waals surface area contributed by atoms with Crippen LogP contribution >= 0.6 is 0 Å². The van der Waals surface area contributed by atoms with Crippen molar-refractivity contribution in [2.75, 3.05) is 53.6 Å². The zero-order chi connectivity index (χ0) is 20.2. The Morgan fingerprint density at radius 1 is 1.07 bits per heavy atom. The van der Waals surface area contributed by atoms with Crippen LogP contribution in [0.4, 0.5) is 0 Å². The van der Waals surface area contributed by atoms with Gasteiger partial charge in [-0.05, 0) is 50.9 Å². The van der Waals surface area contributed by atoms with Crippen molar-refractivity contribution in [3.63, 3.8) is 0 Å². The van der Waals surface area contributed by atoms with Crippen LogP contribution in [0.25, 0.3) is 0 Å². The molecule has 29 heavy (non-hydrogen) atoms. The van der Waals surface area contributed by atoms with E-state index in [-0.39, 0.29) is 18.2 Å². The number of carbonyl (C=O) groups is 1. The molecule has 0 spiro atoms. The fourth-order valence-electron chi connectivity index (χ4n) is 4.80. The molecule has 0 saturated carbocycles. The highest BCUT2D eigenvalue weighted by Gasteiger charge is 2.35. The number of nitrogens with zero attached hydrogens (tertiary/aromatic N) is 2. The molecule has 0 aromatic heterocycles. The van der Waals surface area contributed by atoms with Gasteiger partial charge in [0.2, 0.25) is 5.91 Å². The molecule has 0 radical (unpaired) electrons. The van der Waals surface area contributed by atoms with Crippen LogP contribution in [0.15, 0.2) is 18.2 Å². The third kappa shape index (κ3) is 4.52. The Labute approximate surface area is 172 Å². The van der Waals surface area contributed by atoms with Crippen LogP contribution in [0.1, 0.15) is 37.3 Å². The minimum atomic E-state index is -0.0432. The van der Waals surface area contributed by atoms with Gasteiger partial charge in [-0.2, -0.15) is 0 Å². The molecule has 1 atom stereocenters. The lowest BCUT2D eigenvalue weighted by Crippen LogP contribution is -2.44. The molecule has 7 nitrogen and oxygen atoms in total. The van der Waals surface area contributed by atoms with E-state index >= 15 is 0 Å². The molecule has 3 fully saturated rings. The van der Waals surface area contributed by atoms with E-state index in [0.29, 0.717) is 25.7 Å². The molecule has 0 aliphatic carbocycles. The minimum absolute atomic E-state index is 0.0432. The van der Waals surface area contributed by atoms with Crippen LogP contribution in [-0.2, 0) is 14.3 Å². The van der Waals surface area contributed by atoms with Gasteiger partial charge in [-0.25, -0.2) is 0 Å². The Hall–Kier alpha value is -1.83. The van der Waals surface area contributed by atoms with E-state index in [0.717, 1.165) is 62.4 Å². The Kier molecular flexibility index (Phi) is 6.57. The second kappa shape index (κ2) is 9.32. The predicted molar refractivity (Wildman–Crippen MR) is 108 cm³/mol. The number of amides is 1. The van der Waals surface area contributed by atoms with Gasteiger partial charge in [0.15, 0.2) is 6.29 Å². The Morgan fingerprint density at radius 2 is 1.83 bits per heavy atom. The third-order valence-electron chi connectivity index (χ3n) is 6.40. The van der Waals surface area contributed by atoms with Crippen LogP contribution < -0.4 is 9.47 Å². The number of ether oxygens (including phenoxy) is 4. The van der Waals surface area contributed by atoms with Gasteiger partial charge in [0, 0.05) is 24.1 Å². The highest BCUT2D eigenvalue weighted by molar-refractivity contribution is 5.79. The number of benzene rings is 1. The molecule has 1 amide bonds. The van der Waals surface area contributed by atoms with Crippen LogP contribution in [-0.4, -0.2) is 75.6 Å². The molecule has 3 aliphatic heterocycles. The largest absolute Gasteiger partial charge is 0.497 e. The van der Waals surface area contributed by atoms with Crippen LogP contribution in [0.2, 0.25) is 0 Å². The summed E-state index contributed by atoms with van der Waals surface area (Å²) in [6.45, 7) is 4.53. The van der Waals surface area contributed by atoms with E-state index < -0.39 is 0 Å². The lowest BCUT2D eigenvalue weighted by molar-refractivity contribution is -0.134. The zero-order valence-electron chi connectivity index (χ0n) is 17.5. The standard InChI is InChI=1S/C22H32N2O5/c1-26-17-5-6-18(20(14-17)27-2)19-4-3-9-24(19)21(25)15-23-10-7-16(8-11-23)22-28-12-13-29-22/h5-6,14,16,19,22H,3-4,7-13,15H2,1-2H3. The van der Waals surface area contributed by atoms with Crippen molar-refractivity contribution in [3.05, 3.63) is 23.8 Å². The third-order valence-corrected chi connectivity index (χ3v) is 6.40. The van der Waals surface area contributed by atoms with Crippen LogP contribution in [0.5, 0.6) is 11.5 Å². The molecule has 0 bridgehead atoms. The monoisotopic (exact) mass is 404 g/mol. The van der Waals surface area contributed by atoms with Crippen molar-refractivity contribution in [2.45, 2.75) is 38.0 Å². The van der Waals surface area contributed by atoms with Crippen molar-refractivity contribution in [2.24, 2.45) is 5.92 Å². The molecule has 3 heterocycles. The van der Waals surface area contributed by atoms with Gasteiger partial charge < -0.3 is 23.8 Å². The quantitative estimate of drug-likeness (QED) is 0.726. The first-order chi connectivity index (χ1) is 14.2. The number of methoxy groups -OCH3 is 2. The number of piperidine rings is 1. The molecule has 4 rings (SSSR count). The maximum absolute atomic E-state index is 13.1. The number of hydrogen-bond acceptors (Lipinski definition) is 6. The summed E-state index contributed by atoms with van der Waals surface area (Å²) in [4.78, 5) is 17.4. The lowest BCUT2D eigenvalue weighted by Gasteiger charge is -2.35. The minimum Gasteiger partial charge on any atom is -0.497 e. The summed E-state index contributed by atoms with van der Waals surface area (Å²) in [6, 6.07) is 5.94. The molecule has 1 unspecified atom stereocenters. The summed E-state index contributed by atoms with van der Waals surface area (Å²) >= 11 is 0. The molecule has 1 aromatic carbocycles. The summed E-state index contributed by atoms with van der Waals surface area (Å²) in [5, 5.41) is 0. The average molecular weight is 405 g/mol. The molecule has 3 saturated heterocycles. The zero-order valence-corrected chi connectivity index (χ0v) is 17.5. The van der Waals surface area contributed by atoms with E-state index in [2.05, 4.69) is 4.90 Å². The lowest BCUT2D eigenvalue weighted by atomic mass is 9.96. The van der Waals surface area contributed by atoms with E-state index in [9.17, 15) is 4.79 Å². The number of likely N-dealkylation sites (tertiary alicyclic amines) is 2. The summed E-state index contributed by atoms with van der Waals surface area (Å²) in [5.74, 6) is 2.20. The first-order valence-corrected chi connectivity index (χ1v) is 10.7. The van der Waals surface area contributed by atoms with E-state index in [4.69, 9.17) is 18.9 Å².